The lowest BCUT2D eigenvalue weighted by atomic mass is 9.75. The Hall–Kier alpha value is -0.930. The van der Waals surface area contributed by atoms with Crippen LogP contribution in [-0.2, 0) is 6.54 Å². The molecule has 2 nitrogen and oxygen atoms in total. The second kappa shape index (κ2) is 3.30. The van der Waals surface area contributed by atoms with Gasteiger partial charge in [-0.1, -0.05) is 12.1 Å². The fraction of sp³-hybridized carbons (Fsp3) is 0.571. The highest BCUT2D eigenvalue weighted by atomic mass is 19.1. The Morgan fingerprint density at radius 2 is 1.82 bits per heavy atom. The molecule has 3 heteroatoms. The van der Waals surface area contributed by atoms with E-state index in [1.807, 2.05) is 12.1 Å². The number of hydrogen-bond acceptors (Lipinski definition) is 2. The standard InChI is InChI=1S/C14H17FN2/c15-11-3-1-10(2-4-11)9-16-14-7-12-5-6-13(8-14)17(12)14/h1-4,12-13,16H,5-9H2/t12-,13+,14-. The summed E-state index contributed by atoms with van der Waals surface area (Å²) in [6, 6.07) is 8.53. The van der Waals surface area contributed by atoms with Gasteiger partial charge >= 0.3 is 0 Å². The summed E-state index contributed by atoms with van der Waals surface area (Å²) in [7, 11) is 0. The third-order valence-corrected chi connectivity index (χ3v) is 4.80. The van der Waals surface area contributed by atoms with Crippen LogP contribution in [0.5, 0.6) is 0 Å². The number of halogens is 1. The van der Waals surface area contributed by atoms with E-state index < -0.39 is 0 Å². The summed E-state index contributed by atoms with van der Waals surface area (Å²) < 4.78 is 12.8. The van der Waals surface area contributed by atoms with E-state index in [0.717, 1.165) is 18.6 Å². The van der Waals surface area contributed by atoms with Gasteiger partial charge in [0, 0.05) is 18.6 Å². The largest absolute Gasteiger partial charge is 0.295 e. The van der Waals surface area contributed by atoms with Crippen LogP contribution in [0.2, 0.25) is 0 Å². The molecule has 3 heterocycles. The second-order valence-corrected chi connectivity index (χ2v) is 5.71. The maximum Gasteiger partial charge on any atom is 0.123 e. The average molecular weight is 232 g/mol. The van der Waals surface area contributed by atoms with Gasteiger partial charge in [-0.25, -0.2) is 4.39 Å². The summed E-state index contributed by atoms with van der Waals surface area (Å²) in [4.78, 5) is 2.66. The molecule has 0 bridgehead atoms. The first-order valence-corrected chi connectivity index (χ1v) is 6.55. The van der Waals surface area contributed by atoms with Crippen molar-refractivity contribution in [1.82, 2.24) is 10.2 Å². The highest BCUT2D eigenvalue weighted by Gasteiger charge is 2.65. The van der Waals surface area contributed by atoms with E-state index in [4.69, 9.17) is 0 Å². The molecule has 1 aromatic carbocycles. The minimum Gasteiger partial charge on any atom is -0.295 e. The van der Waals surface area contributed by atoms with Crippen molar-refractivity contribution in [2.24, 2.45) is 0 Å². The molecule has 3 aliphatic rings. The van der Waals surface area contributed by atoms with Crippen LogP contribution in [0.25, 0.3) is 0 Å². The van der Waals surface area contributed by atoms with Crippen molar-refractivity contribution in [3.05, 3.63) is 35.6 Å². The van der Waals surface area contributed by atoms with E-state index in [2.05, 4.69) is 10.2 Å². The van der Waals surface area contributed by atoms with Crippen LogP contribution in [0.4, 0.5) is 4.39 Å². The predicted octanol–water partition coefficient (Wildman–Crippen LogP) is 2.25. The van der Waals surface area contributed by atoms with Gasteiger partial charge in [0.2, 0.25) is 0 Å². The molecular formula is C14H17FN2. The summed E-state index contributed by atoms with van der Waals surface area (Å²) >= 11 is 0. The zero-order valence-corrected chi connectivity index (χ0v) is 9.82. The van der Waals surface area contributed by atoms with E-state index in [-0.39, 0.29) is 5.82 Å². The summed E-state index contributed by atoms with van der Waals surface area (Å²) in [6.45, 7) is 0.857. The van der Waals surface area contributed by atoms with Crippen LogP contribution in [0.15, 0.2) is 24.3 Å². The normalized spacial score (nSPS) is 38.4. The number of nitrogens with zero attached hydrogens (tertiary/aromatic N) is 1. The molecule has 0 amide bonds. The van der Waals surface area contributed by atoms with Gasteiger partial charge in [-0.2, -0.15) is 0 Å². The zero-order chi connectivity index (χ0) is 11.5. The zero-order valence-electron chi connectivity index (χ0n) is 9.82. The molecule has 3 fully saturated rings. The molecule has 0 unspecified atom stereocenters. The van der Waals surface area contributed by atoms with Gasteiger partial charge in [-0.3, -0.25) is 10.2 Å². The molecule has 3 atom stereocenters. The van der Waals surface area contributed by atoms with Crippen LogP contribution < -0.4 is 5.32 Å². The summed E-state index contributed by atoms with van der Waals surface area (Å²) in [5.41, 5.74) is 1.48. The van der Waals surface area contributed by atoms with Gasteiger partial charge in [0.1, 0.15) is 5.82 Å². The molecule has 1 aromatic rings. The Morgan fingerprint density at radius 1 is 1.18 bits per heavy atom. The minimum absolute atomic E-state index is 0.154. The van der Waals surface area contributed by atoms with Crippen molar-refractivity contribution in [2.75, 3.05) is 0 Å². The first-order valence-electron chi connectivity index (χ1n) is 6.55. The Morgan fingerprint density at radius 3 is 2.47 bits per heavy atom. The molecule has 0 radical (unpaired) electrons. The lowest BCUT2D eigenvalue weighted by Crippen LogP contribution is -2.80. The molecule has 90 valence electrons. The molecule has 0 aliphatic carbocycles. The Labute approximate surface area is 101 Å². The molecule has 1 N–H and O–H groups in total. The number of rotatable bonds is 3. The van der Waals surface area contributed by atoms with Crippen molar-refractivity contribution >= 4 is 0 Å². The molecule has 3 saturated heterocycles. The highest BCUT2D eigenvalue weighted by molar-refractivity contribution is 5.22. The SMILES string of the molecule is Fc1ccc(CN[C@@]23C[C@H]4CC[C@@H](C2)N43)cc1. The minimum atomic E-state index is -0.154. The smallest absolute Gasteiger partial charge is 0.123 e. The van der Waals surface area contributed by atoms with Crippen molar-refractivity contribution in [3.8, 4) is 0 Å². The third-order valence-electron chi connectivity index (χ3n) is 4.80. The van der Waals surface area contributed by atoms with Gasteiger partial charge in [0.05, 0.1) is 5.66 Å². The molecular weight excluding hydrogens is 215 g/mol. The maximum atomic E-state index is 12.8. The second-order valence-electron chi connectivity index (χ2n) is 5.71. The van der Waals surface area contributed by atoms with Crippen molar-refractivity contribution < 1.29 is 4.39 Å². The van der Waals surface area contributed by atoms with Crippen LogP contribution in [0.3, 0.4) is 0 Å². The molecule has 4 rings (SSSR count). The van der Waals surface area contributed by atoms with Crippen molar-refractivity contribution in [1.29, 1.82) is 0 Å². The average Bonchev–Trinajstić information content (AvgIpc) is 2.48. The monoisotopic (exact) mass is 232 g/mol. The topological polar surface area (TPSA) is 15.3 Å². The van der Waals surface area contributed by atoms with Gasteiger partial charge in [0.25, 0.3) is 0 Å². The number of benzene rings is 1. The summed E-state index contributed by atoms with van der Waals surface area (Å²) in [5, 5.41) is 3.67. The van der Waals surface area contributed by atoms with Crippen molar-refractivity contribution in [2.45, 2.75) is 50.0 Å². The van der Waals surface area contributed by atoms with Crippen LogP contribution in [0, 0.1) is 5.82 Å². The fourth-order valence-electron chi connectivity index (χ4n) is 4.01. The Bertz CT molecular complexity index is 428. The number of hydrogen-bond donors (Lipinski definition) is 1. The fourth-order valence-corrected chi connectivity index (χ4v) is 4.01. The predicted molar refractivity (Wildman–Crippen MR) is 63.9 cm³/mol. The molecule has 0 aromatic heterocycles. The molecule has 3 aliphatic heterocycles. The van der Waals surface area contributed by atoms with E-state index in [1.54, 1.807) is 0 Å². The van der Waals surface area contributed by atoms with Gasteiger partial charge < -0.3 is 0 Å². The summed E-state index contributed by atoms with van der Waals surface area (Å²) in [6.07, 6.45) is 5.41. The van der Waals surface area contributed by atoms with Crippen LogP contribution in [0.1, 0.15) is 31.2 Å². The lowest BCUT2D eigenvalue weighted by Gasteiger charge is -2.67. The van der Waals surface area contributed by atoms with E-state index in [0.29, 0.717) is 5.66 Å². The van der Waals surface area contributed by atoms with E-state index in [9.17, 15) is 4.39 Å². The van der Waals surface area contributed by atoms with Crippen LogP contribution >= 0.6 is 0 Å². The lowest BCUT2D eigenvalue weighted by molar-refractivity contribution is -0.185. The third kappa shape index (κ3) is 1.33. The Balaban J connectivity index is 1.41. The van der Waals surface area contributed by atoms with Gasteiger partial charge in [-0.15, -0.1) is 0 Å². The van der Waals surface area contributed by atoms with Crippen molar-refractivity contribution in [3.63, 3.8) is 0 Å². The van der Waals surface area contributed by atoms with Crippen LogP contribution in [-0.4, -0.2) is 22.6 Å². The van der Waals surface area contributed by atoms with Gasteiger partial charge in [0.15, 0.2) is 0 Å². The maximum absolute atomic E-state index is 12.8. The number of piperidine rings is 1. The highest BCUT2D eigenvalue weighted by Crippen LogP contribution is 2.56. The first kappa shape index (κ1) is 10.0. The number of nitrogens with one attached hydrogen (secondary N) is 1. The van der Waals surface area contributed by atoms with E-state index in [1.165, 1.54) is 43.4 Å². The Kier molecular flexibility index (Phi) is 1.95. The molecule has 17 heavy (non-hydrogen) atoms. The molecule has 0 saturated carbocycles. The van der Waals surface area contributed by atoms with Gasteiger partial charge in [-0.05, 0) is 43.4 Å². The first-order chi connectivity index (χ1) is 8.27. The van der Waals surface area contributed by atoms with E-state index >= 15 is 0 Å². The summed E-state index contributed by atoms with van der Waals surface area (Å²) in [5.74, 6) is -0.154. The quantitative estimate of drug-likeness (QED) is 0.860. The molecule has 0 spiro atoms.